The summed E-state index contributed by atoms with van der Waals surface area (Å²) in [5.74, 6) is 0. The van der Waals surface area contributed by atoms with E-state index in [1.807, 2.05) is 0 Å². The Bertz CT molecular complexity index is 88.2. The van der Waals surface area contributed by atoms with E-state index in [1.54, 1.807) is 0 Å². The van der Waals surface area contributed by atoms with E-state index in [9.17, 15) is 13.2 Å². The minimum atomic E-state index is -1.97. The highest BCUT2D eigenvalue weighted by molar-refractivity contribution is 4.80. The van der Waals surface area contributed by atoms with Gasteiger partial charge in [0.15, 0.2) is 12.5 Å². The van der Waals surface area contributed by atoms with Crippen LogP contribution in [0.1, 0.15) is 6.42 Å². The highest BCUT2D eigenvalue weighted by Crippen LogP contribution is 2.16. The Labute approximate surface area is 51.2 Å². The summed E-state index contributed by atoms with van der Waals surface area (Å²) in [6.07, 6.45) is -5.34. The Morgan fingerprint density at radius 1 is 1.22 bits per heavy atom. The maximum absolute atomic E-state index is 12.2. The summed E-state index contributed by atoms with van der Waals surface area (Å²) in [6, 6.07) is 0. The number of nitrogens with one attached hydrogen (secondary N) is 1. The molecule has 54 valence electrons. The molecule has 9 heavy (non-hydrogen) atoms. The lowest BCUT2D eigenvalue weighted by Crippen LogP contribution is -2.45. The molecule has 1 nitrogen and oxygen atoms in total. The maximum Gasteiger partial charge on any atom is 0.185 e. The molecule has 0 aliphatic carbocycles. The molecule has 0 bridgehead atoms. The molecule has 0 aromatic carbocycles. The van der Waals surface area contributed by atoms with E-state index in [1.165, 1.54) is 0 Å². The lowest BCUT2D eigenvalue weighted by Gasteiger charge is -2.23. The summed E-state index contributed by atoms with van der Waals surface area (Å²) in [4.78, 5) is 0. The quantitative estimate of drug-likeness (QED) is 0.493. The predicted molar refractivity (Wildman–Crippen MR) is 27.3 cm³/mol. The summed E-state index contributed by atoms with van der Waals surface area (Å²) in [7, 11) is 0. The molecule has 0 saturated carbocycles. The van der Waals surface area contributed by atoms with Crippen molar-refractivity contribution in [3.05, 3.63) is 0 Å². The number of hydrogen-bond acceptors (Lipinski definition) is 1. The lowest BCUT2D eigenvalue weighted by atomic mass is 10.1. The molecule has 3 atom stereocenters. The first-order valence-electron chi connectivity index (χ1n) is 2.87. The zero-order valence-corrected chi connectivity index (χ0v) is 4.78. The fraction of sp³-hybridized carbons (Fsp3) is 1.00. The molecule has 0 amide bonds. The van der Waals surface area contributed by atoms with Crippen LogP contribution >= 0.6 is 0 Å². The van der Waals surface area contributed by atoms with E-state index in [4.69, 9.17) is 0 Å². The van der Waals surface area contributed by atoms with Crippen molar-refractivity contribution < 1.29 is 13.2 Å². The van der Waals surface area contributed by atoms with Crippen LogP contribution in [-0.4, -0.2) is 25.2 Å². The molecule has 1 aliphatic heterocycles. The van der Waals surface area contributed by atoms with Crippen molar-refractivity contribution in [2.45, 2.75) is 25.1 Å². The number of rotatable bonds is 0. The first-order chi connectivity index (χ1) is 4.22. The molecular formula is C5H8F3N. The van der Waals surface area contributed by atoms with Crippen molar-refractivity contribution in [3.63, 3.8) is 0 Å². The summed E-state index contributed by atoms with van der Waals surface area (Å²) in [5.41, 5.74) is 0. The normalized spacial score (nSPS) is 45.0. The Morgan fingerprint density at radius 3 is 2.33 bits per heavy atom. The van der Waals surface area contributed by atoms with Crippen LogP contribution in [0.2, 0.25) is 0 Å². The van der Waals surface area contributed by atoms with Gasteiger partial charge in [0.2, 0.25) is 0 Å². The van der Waals surface area contributed by atoms with Crippen LogP contribution in [-0.2, 0) is 0 Å². The fourth-order valence-electron chi connectivity index (χ4n) is 0.814. The fourth-order valence-corrected chi connectivity index (χ4v) is 0.814. The number of piperidine rings is 1. The summed E-state index contributed by atoms with van der Waals surface area (Å²) in [6.45, 7) is 0.225. The van der Waals surface area contributed by atoms with Gasteiger partial charge in [-0.25, -0.2) is 13.2 Å². The van der Waals surface area contributed by atoms with E-state index in [0.29, 0.717) is 0 Å². The van der Waals surface area contributed by atoms with E-state index >= 15 is 0 Å². The van der Waals surface area contributed by atoms with Gasteiger partial charge in [-0.15, -0.1) is 0 Å². The number of alkyl halides is 3. The second-order valence-corrected chi connectivity index (χ2v) is 2.10. The van der Waals surface area contributed by atoms with E-state index in [-0.39, 0.29) is 13.0 Å². The molecular weight excluding hydrogens is 131 g/mol. The van der Waals surface area contributed by atoms with Crippen molar-refractivity contribution in [1.29, 1.82) is 0 Å². The van der Waals surface area contributed by atoms with Gasteiger partial charge in [0, 0.05) is 6.54 Å². The molecule has 0 spiro atoms. The lowest BCUT2D eigenvalue weighted by molar-refractivity contribution is 0.0321. The summed E-state index contributed by atoms with van der Waals surface area (Å²) < 4.78 is 36.4. The standard InChI is InChI=1S/C5H8F3N/c6-3-1-2-9-5(8)4(3)7/h3-5,9H,1-2H2. The molecule has 1 saturated heterocycles. The minimum Gasteiger partial charge on any atom is -0.285 e. The van der Waals surface area contributed by atoms with Crippen molar-refractivity contribution in [2.75, 3.05) is 6.54 Å². The van der Waals surface area contributed by atoms with Gasteiger partial charge in [0.05, 0.1) is 0 Å². The van der Waals surface area contributed by atoms with Gasteiger partial charge < -0.3 is 0 Å². The number of halogens is 3. The molecule has 1 fully saturated rings. The third-order valence-corrected chi connectivity index (χ3v) is 1.38. The van der Waals surface area contributed by atoms with Gasteiger partial charge in [0.25, 0.3) is 0 Å². The Kier molecular flexibility index (Phi) is 1.95. The molecule has 1 heterocycles. The van der Waals surface area contributed by atoms with Crippen molar-refractivity contribution in [1.82, 2.24) is 5.32 Å². The molecule has 1 N–H and O–H groups in total. The van der Waals surface area contributed by atoms with Crippen molar-refractivity contribution in [2.24, 2.45) is 0 Å². The largest absolute Gasteiger partial charge is 0.285 e. The van der Waals surface area contributed by atoms with Crippen LogP contribution in [0.4, 0.5) is 13.2 Å². The molecule has 0 aromatic heterocycles. The maximum atomic E-state index is 12.2. The van der Waals surface area contributed by atoms with Crippen LogP contribution in [0.25, 0.3) is 0 Å². The summed E-state index contributed by atoms with van der Waals surface area (Å²) in [5, 5.41) is 2.18. The Hall–Kier alpha value is -0.250. The predicted octanol–water partition coefficient (Wildman–Crippen LogP) is 0.952. The van der Waals surface area contributed by atoms with E-state index in [2.05, 4.69) is 5.32 Å². The van der Waals surface area contributed by atoms with Crippen LogP contribution in [0.3, 0.4) is 0 Å². The van der Waals surface area contributed by atoms with Gasteiger partial charge in [0.1, 0.15) is 6.17 Å². The zero-order valence-electron chi connectivity index (χ0n) is 4.78. The van der Waals surface area contributed by atoms with Crippen LogP contribution in [0.15, 0.2) is 0 Å². The second kappa shape index (κ2) is 2.56. The van der Waals surface area contributed by atoms with Crippen LogP contribution in [0.5, 0.6) is 0 Å². The van der Waals surface area contributed by atoms with Crippen LogP contribution < -0.4 is 5.32 Å². The molecule has 4 heteroatoms. The first-order valence-corrected chi connectivity index (χ1v) is 2.87. The Morgan fingerprint density at radius 2 is 1.89 bits per heavy atom. The minimum absolute atomic E-state index is 0.0710. The third kappa shape index (κ3) is 1.36. The first kappa shape index (κ1) is 6.86. The Balaban J connectivity index is 2.41. The zero-order chi connectivity index (χ0) is 6.85. The van der Waals surface area contributed by atoms with Gasteiger partial charge >= 0.3 is 0 Å². The number of hydrogen-bond donors (Lipinski definition) is 1. The van der Waals surface area contributed by atoms with Crippen molar-refractivity contribution >= 4 is 0 Å². The SMILES string of the molecule is FC1CCNC(F)C1F. The van der Waals surface area contributed by atoms with Gasteiger partial charge in [-0.3, -0.25) is 5.32 Å². The van der Waals surface area contributed by atoms with Crippen molar-refractivity contribution in [3.8, 4) is 0 Å². The van der Waals surface area contributed by atoms with Crippen LogP contribution in [0, 0.1) is 0 Å². The monoisotopic (exact) mass is 139 g/mol. The van der Waals surface area contributed by atoms with Gasteiger partial charge in [-0.1, -0.05) is 0 Å². The smallest absolute Gasteiger partial charge is 0.185 e. The topological polar surface area (TPSA) is 12.0 Å². The second-order valence-electron chi connectivity index (χ2n) is 2.10. The summed E-state index contributed by atoms with van der Waals surface area (Å²) >= 11 is 0. The highest BCUT2D eigenvalue weighted by atomic mass is 19.2. The highest BCUT2D eigenvalue weighted by Gasteiger charge is 2.32. The molecule has 1 aliphatic rings. The molecule has 1 rings (SSSR count). The third-order valence-electron chi connectivity index (χ3n) is 1.38. The molecule has 0 aromatic rings. The van der Waals surface area contributed by atoms with Gasteiger partial charge in [-0.2, -0.15) is 0 Å². The van der Waals surface area contributed by atoms with E-state index in [0.717, 1.165) is 0 Å². The molecule has 0 radical (unpaired) electrons. The van der Waals surface area contributed by atoms with Gasteiger partial charge in [-0.05, 0) is 6.42 Å². The average molecular weight is 139 g/mol. The van der Waals surface area contributed by atoms with E-state index < -0.39 is 18.6 Å². The average Bonchev–Trinajstić information content (AvgIpc) is 1.83. The molecule has 3 unspecified atom stereocenters.